The van der Waals surface area contributed by atoms with E-state index in [1.54, 1.807) is 6.07 Å². The molecule has 4 nitrogen and oxygen atoms in total. The molecule has 0 aliphatic rings. The minimum absolute atomic E-state index is 0.406. The molecule has 1 atom stereocenters. The third-order valence-electron chi connectivity index (χ3n) is 3.68. The maximum Gasteiger partial charge on any atom is 0.346 e. The van der Waals surface area contributed by atoms with E-state index in [-0.39, 0.29) is 0 Å². The van der Waals surface area contributed by atoms with Crippen molar-refractivity contribution in [1.82, 2.24) is 5.32 Å². The van der Waals surface area contributed by atoms with E-state index >= 15 is 0 Å². The Morgan fingerprint density at radius 1 is 1.00 bits per heavy atom. The van der Waals surface area contributed by atoms with Gasteiger partial charge in [0.25, 0.3) is 0 Å². The molecule has 2 aromatic carbocycles. The van der Waals surface area contributed by atoms with Crippen molar-refractivity contribution in [1.29, 1.82) is 0 Å². The summed E-state index contributed by atoms with van der Waals surface area (Å²) >= 11 is 0. The zero-order valence-corrected chi connectivity index (χ0v) is 14.0. The van der Waals surface area contributed by atoms with Gasteiger partial charge in [-0.2, -0.15) is 0 Å². The van der Waals surface area contributed by atoms with Gasteiger partial charge in [0.05, 0.1) is 0 Å². The second-order valence-corrected chi connectivity index (χ2v) is 7.41. The smallest absolute Gasteiger partial charge is 0.323 e. The predicted octanol–water partition coefficient (Wildman–Crippen LogP) is 3.58. The van der Waals surface area contributed by atoms with E-state index in [0.717, 1.165) is 22.3 Å². The number of hydrogen-bond donors (Lipinski definition) is 3. The molecule has 0 aliphatic carbocycles. The first-order valence-corrected chi connectivity index (χ1v) is 8.87. The molecule has 5 heteroatoms. The van der Waals surface area contributed by atoms with E-state index in [1.807, 2.05) is 57.2 Å². The number of rotatable bonds is 5. The summed E-state index contributed by atoms with van der Waals surface area (Å²) in [5.74, 6) is -0.991. The Morgan fingerprint density at radius 2 is 1.59 bits per heavy atom. The summed E-state index contributed by atoms with van der Waals surface area (Å²) in [6.45, 7) is 6.25. The van der Waals surface area contributed by atoms with Crippen LogP contribution in [0.2, 0.25) is 0 Å². The molecule has 118 valence electrons. The Balaban J connectivity index is 2.24. The molecule has 0 saturated heterocycles. The van der Waals surface area contributed by atoms with Crippen LogP contribution in [0.15, 0.2) is 42.5 Å². The summed E-state index contributed by atoms with van der Waals surface area (Å²) in [4.78, 5) is 19.4. The van der Waals surface area contributed by atoms with E-state index in [1.165, 1.54) is 0 Å². The summed E-state index contributed by atoms with van der Waals surface area (Å²) in [6, 6.07) is 13.5. The van der Waals surface area contributed by atoms with Gasteiger partial charge in [-0.15, -0.1) is 0 Å². The zero-order chi connectivity index (χ0) is 16.3. The van der Waals surface area contributed by atoms with Crippen LogP contribution in [0, 0.1) is 20.8 Å². The highest BCUT2D eigenvalue weighted by molar-refractivity contribution is 7.52. The zero-order valence-electron chi connectivity index (χ0n) is 13.1. The van der Waals surface area contributed by atoms with Crippen LogP contribution < -0.4 is 5.32 Å². The fraction of sp³-hybridized carbons (Fsp3) is 0.294. The summed E-state index contributed by atoms with van der Waals surface area (Å²) in [5.41, 5.74) is 4.75. The maximum absolute atomic E-state index is 11.9. The van der Waals surface area contributed by atoms with Gasteiger partial charge in [0.2, 0.25) is 0 Å². The average molecular weight is 319 g/mol. The maximum atomic E-state index is 11.9. The van der Waals surface area contributed by atoms with E-state index in [4.69, 9.17) is 0 Å². The van der Waals surface area contributed by atoms with E-state index < -0.39 is 13.4 Å². The standard InChI is InChI=1S/C17H22NO3P/c1-12-4-7-15(8-5-12)11-18-17(22(19,20)21)16-9-6-13(2)10-14(16)3/h4-10,17-18H,11H2,1-3H3,(H2,19,20,21)/t17-/m1/s1. The third kappa shape index (κ3) is 4.28. The third-order valence-corrected chi connectivity index (χ3v) is 4.81. The van der Waals surface area contributed by atoms with Gasteiger partial charge in [0.1, 0.15) is 5.78 Å². The lowest BCUT2D eigenvalue weighted by Gasteiger charge is -2.22. The van der Waals surface area contributed by atoms with Crippen molar-refractivity contribution in [2.45, 2.75) is 33.1 Å². The molecule has 2 aromatic rings. The number of hydrogen-bond acceptors (Lipinski definition) is 2. The molecular weight excluding hydrogens is 297 g/mol. The van der Waals surface area contributed by atoms with Gasteiger partial charge in [-0.25, -0.2) is 0 Å². The lowest BCUT2D eigenvalue weighted by atomic mass is 10.1. The number of benzene rings is 2. The summed E-state index contributed by atoms with van der Waals surface area (Å²) in [5, 5.41) is 3.01. The number of aryl methyl sites for hydroxylation is 3. The summed E-state index contributed by atoms with van der Waals surface area (Å²) in [7, 11) is -4.30. The van der Waals surface area contributed by atoms with Crippen LogP contribution in [0.25, 0.3) is 0 Å². The minimum Gasteiger partial charge on any atom is -0.323 e. The van der Waals surface area contributed by atoms with Crippen LogP contribution in [0.4, 0.5) is 0 Å². The van der Waals surface area contributed by atoms with Crippen LogP contribution >= 0.6 is 7.60 Å². The highest BCUT2D eigenvalue weighted by atomic mass is 31.2. The number of nitrogens with one attached hydrogen (secondary N) is 1. The minimum atomic E-state index is -4.30. The molecule has 0 aromatic heterocycles. The molecular formula is C17H22NO3P. The van der Waals surface area contributed by atoms with Crippen molar-refractivity contribution < 1.29 is 14.4 Å². The van der Waals surface area contributed by atoms with Crippen molar-refractivity contribution >= 4 is 7.60 Å². The first kappa shape index (κ1) is 16.9. The predicted molar refractivity (Wildman–Crippen MR) is 88.7 cm³/mol. The monoisotopic (exact) mass is 319 g/mol. The lowest BCUT2D eigenvalue weighted by molar-refractivity contribution is 0.347. The topological polar surface area (TPSA) is 69.6 Å². The van der Waals surface area contributed by atoms with Crippen LogP contribution in [0.3, 0.4) is 0 Å². The average Bonchev–Trinajstić information content (AvgIpc) is 2.42. The van der Waals surface area contributed by atoms with Gasteiger partial charge in [-0.05, 0) is 37.5 Å². The fourth-order valence-corrected chi connectivity index (χ4v) is 3.44. The second-order valence-electron chi connectivity index (χ2n) is 5.72. The van der Waals surface area contributed by atoms with Crippen LogP contribution in [0.5, 0.6) is 0 Å². The van der Waals surface area contributed by atoms with Gasteiger partial charge in [-0.1, -0.05) is 53.6 Å². The Kier molecular flexibility index (Phi) is 5.20. The van der Waals surface area contributed by atoms with Gasteiger partial charge in [0.15, 0.2) is 0 Å². The molecule has 0 unspecified atom stereocenters. The summed E-state index contributed by atoms with van der Waals surface area (Å²) in [6.07, 6.45) is 0. The molecule has 3 N–H and O–H groups in total. The quantitative estimate of drug-likeness (QED) is 0.737. The highest BCUT2D eigenvalue weighted by Gasteiger charge is 2.31. The summed E-state index contributed by atoms with van der Waals surface area (Å²) < 4.78 is 11.9. The molecule has 0 amide bonds. The van der Waals surface area contributed by atoms with Gasteiger partial charge in [-0.3, -0.25) is 9.88 Å². The van der Waals surface area contributed by atoms with E-state index in [2.05, 4.69) is 5.32 Å². The van der Waals surface area contributed by atoms with Crippen molar-refractivity contribution in [2.24, 2.45) is 0 Å². The normalized spacial score (nSPS) is 13.1. The Bertz CT molecular complexity index is 692. The molecule has 0 fully saturated rings. The molecule has 0 aliphatic heterocycles. The van der Waals surface area contributed by atoms with Crippen molar-refractivity contribution in [3.8, 4) is 0 Å². The molecule has 0 spiro atoms. The highest BCUT2D eigenvalue weighted by Crippen LogP contribution is 2.50. The molecule has 2 rings (SSSR count). The molecule has 0 heterocycles. The molecule has 0 bridgehead atoms. The Morgan fingerprint density at radius 3 is 2.14 bits per heavy atom. The van der Waals surface area contributed by atoms with Crippen molar-refractivity contribution in [2.75, 3.05) is 0 Å². The Labute approximate surface area is 131 Å². The van der Waals surface area contributed by atoms with Crippen LogP contribution in [-0.4, -0.2) is 9.79 Å². The Hall–Kier alpha value is -1.45. The van der Waals surface area contributed by atoms with Crippen molar-refractivity contribution in [3.63, 3.8) is 0 Å². The van der Waals surface area contributed by atoms with E-state index in [9.17, 15) is 14.4 Å². The van der Waals surface area contributed by atoms with Crippen LogP contribution in [-0.2, 0) is 11.1 Å². The van der Waals surface area contributed by atoms with Gasteiger partial charge < -0.3 is 9.79 Å². The van der Waals surface area contributed by atoms with Gasteiger partial charge in [0, 0.05) is 6.54 Å². The molecule has 0 saturated carbocycles. The van der Waals surface area contributed by atoms with Crippen molar-refractivity contribution in [3.05, 3.63) is 70.3 Å². The van der Waals surface area contributed by atoms with Gasteiger partial charge >= 0.3 is 7.60 Å². The van der Waals surface area contributed by atoms with E-state index in [0.29, 0.717) is 12.1 Å². The SMILES string of the molecule is Cc1ccc(CN[C@@H](c2ccc(C)cc2C)P(=O)(O)O)cc1. The van der Waals surface area contributed by atoms with Crippen LogP contribution in [0.1, 0.15) is 33.6 Å². The molecule has 0 radical (unpaired) electrons. The first-order chi connectivity index (χ1) is 10.3. The largest absolute Gasteiger partial charge is 0.346 e. The lowest BCUT2D eigenvalue weighted by Crippen LogP contribution is -2.22. The molecule has 22 heavy (non-hydrogen) atoms. The second kappa shape index (κ2) is 6.76. The fourth-order valence-electron chi connectivity index (χ4n) is 2.46. The first-order valence-electron chi connectivity index (χ1n) is 7.18.